The number of carboxylic acids is 1. The fraction of sp³-hybridized carbons (Fsp3) is 0.357. The topological polar surface area (TPSA) is 83.5 Å². The van der Waals surface area contributed by atoms with Crippen molar-refractivity contribution in [1.29, 1.82) is 0 Å². The maximum atomic E-state index is 11.7. The second-order valence-corrected chi connectivity index (χ2v) is 6.30. The van der Waals surface area contributed by atoms with Crippen LogP contribution < -0.4 is 4.72 Å². The highest BCUT2D eigenvalue weighted by molar-refractivity contribution is 7.92. The molecule has 0 aliphatic heterocycles. The molecular formula is C14H19NO4S. The van der Waals surface area contributed by atoms with Gasteiger partial charge >= 0.3 is 5.97 Å². The fourth-order valence-corrected chi connectivity index (χ4v) is 2.46. The second kappa shape index (κ2) is 7.81. The van der Waals surface area contributed by atoms with E-state index in [1.807, 2.05) is 37.3 Å². The zero-order valence-corrected chi connectivity index (χ0v) is 12.1. The number of nitrogens with one attached hydrogen (secondary N) is 1. The molecule has 0 bridgehead atoms. The van der Waals surface area contributed by atoms with E-state index in [-0.39, 0.29) is 18.9 Å². The Labute approximate surface area is 119 Å². The molecule has 0 fully saturated rings. The van der Waals surface area contributed by atoms with E-state index in [0.717, 1.165) is 11.0 Å². The van der Waals surface area contributed by atoms with Crippen LogP contribution in [0, 0.1) is 5.92 Å². The molecule has 20 heavy (non-hydrogen) atoms. The Hall–Kier alpha value is -1.66. The molecule has 0 heterocycles. The van der Waals surface area contributed by atoms with Gasteiger partial charge in [0.1, 0.15) is 0 Å². The van der Waals surface area contributed by atoms with Crippen molar-refractivity contribution in [2.75, 3.05) is 6.54 Å². The smallest absolute Gasteiger partial charge is 0.303 e. The Balaban J connectivity index is 2.46. The maximum Gasteiger partial charge on any atom is 0.303 e. The molecule has 6 heteroatoms. The number of benzene rings is 1. The summed E-state index contributed by atoms with van der Waals surface area (Å²) < 4.78 is 25.9. The largest absolute Gasteiger partial charge is 0.481 e. The van der Waals surface area contributed by atoms with Gasteiger partial charge in [-0.1, -0.05) is 37.3 Å². The first-order chi connectivity index (χ1) is 9.39. The molecule has 1 aromatic rings. The van der Waals surface area contributed by atoms with Gasteiger partial charge < -0.3 is 5.11 Å². The van der Waals surface area contributed by atoms with E-state index in [9.17, 15) is 13.2 Å². The summed E-state index contributed by atoms with van der Waals surface area (Å²) in [7, 11) is -3.49. The normalized spacial score (nSPS) is 13.4. The van der Waals surface area contributed by atoms with Gasteiger partial charge in [0.2, 0.25) is 10.0 Å². The molecule has 1 aromatic carbocycles. The lowest BCUT2D eigenvalue weighted by molar-refractivity contribution is -0.137. The zero-order valence-electron chi connectivity index (χ0n) is 11.3. The van der Waals surface area contributed by atoms with Crippen molar-refractivity contribution in [2.45, 2.75) is 19.8 Å². The summed E-state index contributed by atoms with van der Waals surface area (Å²) in [5, 5.41) is 9.67. The number of hydrogen-bond acceptors (Lipinski definition) is 3. The number of sulfonamides is 1. The van der Waals surface area contributed by atoms with E-state index in [0.29, 0.717) is 6.42 Å². The minimum atomic E-state index is -3.49. The molecule has 5 nitrogen and oxygen atoms in total. The van der Waals surface area contributed by atoms with Crippen molar-refractivity contribution < 1.29 is 18.3 Å². The van der Waals surface area contributed by atoms with Crippen LogP contribution in [0.4, 0.5) is 0 Å². The summed E-state index contributed by atoms with van der Waals surface area (Å²) in [6, 6.07) is 9.12. The molecule has 0 radical (unpaired) electrons. The first-order valence-corrected chi connectivity index (χ1v) is 7.88. The Morgan fingerprint density at radius 1 is 1.35 bits per heavy atom. The summed E-state index contributed by atoms with van der Waals surface area (Å²) in [5.74, 6) is -0.894. The molecule has 0 aromatic heterocycles. The molecule has 2 N–H and O–H groups in total. The van der Waals surface area contributed by atoms with Gasteiger partial charge in [-0.25, -0.2) is 13.1 Å². The van der Waals surface area contributed by atoms with Gasteiger partial charge in [-0.05, 0) is 24.0 Å². The van der Waals surface area contributed by atoms with Crippen molar-refractivity contribution in [3.8, 4) is 0 Å². The van der Waals surface area contributed by atoms with Gasteiger partial charge in [0.05, 0.1) is 0 Å². The molecular weight excluding hydrogens is 278 g/mol. The molecule has 1 atom stereocenters. The van der Waals surface area contributed by atoms with E-state index >= 15 is 0 Å². The van der Waals surface area contributed by atoms with Gasteiger partial charge in [0, 0.05) is 18.4 Å². The lowest BCUT2D eigenvalue weighted by Gasteiger charge is -2.10. The first-order valence-electron chi connectivity index (χ1n) is 6.33. The van der Waals surface area contributed by atoms with E-state index in [1.165, 1.54) is 6.08 Å². The molecule has 0 saturated carbocycles. The first kappa shape index (κ1) is 16.4. The fourth-order valence-electron chi connectivity index (χ4n) is 1.51. The quantitative estimate of drug-likeness (QED) is 0.769. The summed E-state index contributed by atoms with van der Waals surface area (Å²) in [6.45, 7) is 2.04. The van der Waals surface area contributed by atoms with Crippen LogP contribution in [0.15, 0.2) is 35.7 Å². The molecule has 0 spiro atoms. The van der Waals surface area contributed by atoms with Crippen LogP contribution in [0.1, 0.15) is 25.3 Å². The highest BCUT2D eigenvalue weighted by atomic mass is 32.2. The molecule has 1 unspecified atom stereocenters. The maximum absolute atomic E-state index is 11.7. The number of hydrogen-bond donors (Lipinski definition) is 2. The van der Waals surface area contributed by atoms with Crippen LogP contribution in [0.5, 0.6) is 0 Å². The summed E-state index contributed by atoms with van der Waals surface area (Å²) in [4.78, 5) is 10.4. The highest BCUT2D eigenvalue weighted by Crippen LogP contribution is 2.06. The molecule has 0 aliphatic carbocycles. The van der Waals surface area contributed by atoms with Gasteiger partial charge in [-0.2, -0.15) is 0 Å². The van der Waals surface area contributed by atoms with Crippen molar-refractivity contribution in [1.82, 2.24) is 4.72 Å². The van der Waals surface area contributed by atoms with Crippen LogP contribution in [-0.2, 0) is 14.8 Å². The van der Waals surface area contributed by atoms with Gasteiger partial charge in [0.25, 0.3) is 0 Å². The third kappa shape index (κ3) is 7.06. The van der Waals surface area contributed by atoms with Crippen LogP contribution in [0.3, 0.4) is 0 Å². The Morgan fingerprint density at radius 2 is 2.00 bits per heavy atom. The van der Waals surface area contributed by atoms with Crippen molar-refractivity contribution in [3.05, 3.63) is 41.3 Å². The van der Waals surface area contributed by atoms with Crippen molar-refractivity contribution in [3.63, 3.8) is 0 Å². The summed E-state index contributed by atoms with van der Waals surface area (Å²) >= 11 is 0. The molecule has 110 valence electrons. The average Bonchev–Trinajstić information content (AvgIpc) is 2.42. The monoisotopic (exact) mass is 297 g/mol. The zero-order chi connectivity index (χ0) is 15.0. The predicted octanol–water partition coefficient (Wildman–Crippen LogP) is 2.08. The van der Waals surface area contributed by atoms with Crippen molar-refractivity contribution in [2.24, 2.45) is 5.92 Å². The number of carboxylic acid groups (broad SMARTS) is 1. The number of aliphatic carboxylic acids is 1. The van der Waals surface area contributed by atoms with Gasteiger partial charge in [0.15, 0.2) is 0 Å². The highest BCUT2D eigenvalue weighted by Gasteiger charge is 2.10. The molecule has 0 aliphatic rings. The minimum Gasteiger partial charge on any atom is -0.481 e. The summed E-state index contributed by atoms with van der Waals surface area (Å²) in [6.07, 6.45) is 2.01. The lowest BCUT2D eigenvalue weighted by atomic mass is 10.1. The van der Waals surface area contributed by atoms with E-state index in [2.05, 4.69) is 4.72 Å². The minimum absolute atomic E-state index is 0.0222. The average molecular weight is 297 g/mol. The third-order valence-electron chi connectivity index (χ3n) is 2.72. The Morgan fingerprint density at radius 3 is 2.60 bits per heavy atom. The van der Waals surface area contributed by atoms with Crippen LogP contribution in [0.2, 0.25) is 0 Å². The second-order valence-electron chi connectivity index (χ2n) is 4.64. The number of rotatable bonds is 8. The van der Waals surface area contributed by atoms with Gasteiger partial charge in [-0.15, -0.1) is 0 Å². The third-order valence-corrected chi connectivity index (χ3v) is 3.79. The van der Waals surface area contributed by atoms with E-state index in [4.69, 9.17) is 5.11 Å². The number of carbonyl (C=O) groups is 1. The van der Waals surface area contributed by atoms with Crippen LogP contribution in [-0.4, -0.2) is 26.0 Å². The Bertz CT molecular complexity index is 552. The SMILES string of the molecule is CC(CCC(=O)O)CNS(=O)(=O)/C=C/c1ccccc1. The Kier molecular flexibility index (Phi) is 6.41. The summed E-state index contributed by atoms with van der Waals surface area (Å²) in [5.41, 5.74) is 0.803. The van der Waals surface area contributed by atoms with Crippen LogP contribution >= 0.6 is 0 Å². The molecule has 0 saturated heterocycles. The van der Waals surface area contributed by atoms with Crippen molar-refractivity contribution >= 4 is 22.1 Å². The van der Waals surface area contributed by atoms with Crippen LogP contribution in [0.25, 0.3) is 6.08 Å². The lowest BCUT2D eigenvalue weighted by Crippen LogP contribution is -2.26. The van der Waals surface area contributed by atoms with Gasteiger partial charge in [-0.3, -0.25) is 4.79 Å². The molecule has 1 rings (SSSR count). The molecule has 0 amide bonds. The standard InChI is InChI=1S/C14H19NO4S/c1-12(7-8-14(16)17)11-15-20(18,19)10-9-13-5-3-2-4-6-13/h2-6,9-10,12,15H,7-8,11H2,1H3,(H,16,17)/b10-9+. The van der Waals surface area contributed by atoms with E-state index in [1.54, 1.807) is 0 Å². The van der Waals surface area contributed by atoms with E-state index < -0.39 is 16.0 Å². The predicted molar refractivity (Wildman–Crippen MR) is 78.4 cm³/mol.